The van der Waals surface area contributed by atoms with E-state index in [0.29, 0.717) is 6.54 Å². The maximum atomic E-state index is 12.6. The van der Waals surface area contributed by atoms with E-state index in [9.17, 15) is 9.59 Å². The van der Waals surface area contributed by atoms with Crippen molar-refractivity contribution < 1.29 is 9.59 Å². The van der Waals surface area contributed by atoms with Crippen LogP contribution in [0.1, 0.15) is 22.7 Å². The molecule has 2 aromatic rings. The summed E-state index contributed by atoms with van der Waals surface area (Å²) < 4.78 is 0. The van der Waals surface area contributed by atoms with Gasteiger partial charge < -0.3 is 9.80 Å². The van der Waals surface area contributed by atoms with E-state index in [1.54, 1.807) is 17.1 Å². The van der Waals surface area contributed by atoms with Gasteiger partial charge in [-0.25, -0.2) is 0 Å². The van der Waals surface area contributed by atoms with Crippen LogP contribution in [0, 0.1) is 0 Å². The smallest absolute Gasteiger partial charge is 0.247 e. The van der Waals surface area contributed by atoms with Crippen LogP contribution in [0.2, 0.25) is 0 Å². The van der Waals surface area contributed by atoms with Gasteiger partial charge in [0.25, 0.3) is 0 Å². The molecule has 126 valence electrons. The van der Waals surface area contributed by atoms with Crippen LogP contribution in [0.15, 0.2) is 60.7 Å². The summed E-state index contributed by atoms with van der Waals surface area (Å²) in [5.41, 5.74) is 3.43. The standard InChI is InChI=1S/C21H20N2O2/c24-20(11-10-16-6-2-1-3-7-16)22-14-19-18-9-5-4-8-17(18)12-13-23(19)21(25)15-22/h1-11,19H,12-15H2/b11-10+. The molecule has 2 aromatic carbocycles. The van der Waals surface area contributed by atoms with Gasteiger partial charge in [0.15, 0.2) is 0 Å². The van der Waals surface area contributed by atoms with Gasteiger partial charge in [-0.3, -0.25) is 9.59 Å². The molecule has 2 amide bonds. The number of carbonyl (C=O) groups excluding carboxylic acids is 2. The van der Waals surface area contributed by atoms with Crippen LogP contribution in [-0.4, -0.2) is 41.2 Å². The molecular weight excluding hydrogens is 312 g/mol. The molecule has 2 aliphatic rings. The second-order valence-electron chi connectivity index (χ2n) is 6.51. The number of carbonyl (C=O) groups is 2. The number of hydrogen-bond donors (Lipinski definition) is 0. The molecule has 0 bridgehead atoms. The Morgan fingerprint density at radius 1 is 1.04 bits per heavy atom. The van der Waals surface area contributed by atoms with E-state index < -0.39 is 0 Å². The molecule has 0 radical (unpaired) electrons. The van der Waals surface area contributed by atoms with E-state index >= 15 is 0 Å². The van der Waals surface area contributed by atoms with Gasteiger partial charge in [0.2, 0.25) is 11.8 Å². The first kappa shape index (κ1) is 15.6. The maximum absolute atomic E-state index is 12.6. The second-order valence-corrected chi connectivity index (χ2v) is 6.51. The van der Waals surface area contributed by atoms with Crippen LogP contribution >= 0.6 is 0 Å². The van der Waals surface area contributed by atoms with E-state index in [1.165, 1.54) is 11.1 Å². The minimum atomic E-state index is -0.111. The molecule has 4 heteroatoms. The van der Waals surface area contributed by atoms with E-state index in [4.69, 9.17) is 0 Å². The Labute approximate surface area is 147 Å². The van der Waals surface area contributed by atoms with Gasteiger partial charge in [0, 0.05) is 19.2 Å². The largest absolute Gasteiger partial charge is 0.332 e. The number of piperazine rings is 1. The minimum absolute atomic E-state index is 0.0275. The SMILES string of the molecule is O=C(/C=C/c1ccccc1)N1CC(=O)N2CCc3ccccc3C2C1. The highest BCUT2D eigenvalue weighted by molar-refractivity contribution is 5.95. The summed E-state index contributed by atoms with van der Waals surface area (Å²) in [6.07, 6.45) is 4.25. The van der Waals surface area contributed by atoms with Crippen LogP contribution in [0.25, 0.3) is 6.08 Å². The molecule has 25 heavy (non-hydrogen) atoms. The van der Waals surface area contributed by atoms with Gasteiger partial charge >= 0.3 is 0 Å². The Morgan fingerprint density at radius 2 is 1.80 bits per heavy atom. The minimum Gasteiger partial charge on any atom is -0.332 e. The van der Waals surface area contributed by atoms with Crippen molar-refractivity contribution in [1.82, 2.24) is 9.80 Å². The van der Waals surface area contributed by atoms with Crippen LogP contribution < -0.4 is 0 Å². The van der Waals surface area contributed by atoms with Gasteiger partial charge in [0.05, 0.1) is 6.04 Å². The Balaban J connectivity index is 1.54. The summed E-state index contributed by atoms with van der Waals surface area (Å²) >= 11 is 0. The van der Waals surface area contributed by atoms with Gasteiger partial charge in [-0.1, -0.05) is 54.6 Å². The molecular formula is C21H20N2O2. The predicted molar refractivity (Wildman–Crippen MR) is 96.7 cm³/mol. The number of amides is 2. The van der Waals surface area contributed by atoms with Crippen molar-refractivity contribution in [2.75, 3.05) is 19.6 Å². The summed E-state index contributed by atoms with van der Waals surface area (Å²) in [6, 6.07) is 17.9. The first-order chi connectivity index (χ1) is 12.2. The third-order valence-corrected chi connectivity index (χ3v) is 4.98. The zero-order valence-corrected chi connectivity index (χ0v) is 14.0. The van der Waals surface area contributed by atoms with E-state index in [0.717, 1.165) is 18.5 Å². The average molecular weight is 332 g/mol. The zero-order valence-electron chi connectivity index (χ0n) is 14.0. The highest BCUT2D eigenvalue weighted by Crippen LogP contribution is 2.33. The summed E-state index contributed by atoms with van der Waals surface area (Å²) in [4.78, 5) is 28.7. The molecule has 2 heterocycles. The predicted octanol–water partition coefficient (Wildman–Crippen LogP) is 2.67. The fraction of sp³-hybridized carbons (Fsp3) is 0.238. The summed E-state index contributed by atoms with van der Waals surface area (Å²) in [5, 5.41) is 0. The first-order valence-electron chi connectivity index (χ1n) is 8.62. The summed E-state index contributed by atoms with van der Waals surface area (Å²) in [6.45, 7) is 1.46. The zero-order chi connectivity index (χ0) is 17.2. The monoisotopic (exact) mass is 332 g/mol. The highest BCUT2D eigenvalue weighted by Gasteiger charge is 2.37. The Bertz CT molecular complexity index is 829. The Hall–Kier alpha value is -2.88. The molecule has 1 unspecified atom stereocenters. The number of hydrogen-bond acceptors (Lipinski definition) is 2. The lowest BCUT2D eigenvalue weighted by atomic mass is 9.91. The number of nitrogens with zero attached hydrogens (tertiary/aromatic N) is 2. The van der Waals surface area contributed by atoms with Crippen molar-refractivity contribution in [2.24, 2.45) is 0 Å². The molecule has 4 nitrogen and oxygen atoms in total. The molecule has 0 N–H and O–H groups in total. The lowest BCUT2D eigenvalue weighted by Gasteiger charge is -2.44. The van der Waals surface area contributed by atoms with Crippen molar-refractivity contribution in [1.29, 1.82) is 0 Å². The molecule has 1 fully saturated rings. The van der Waals surface area contributed by atoms with Crippen LogP contribution in [0.3, 0.4) is 0 Å². The molecule has 0 aliphatic carbocycles. The quantitative estimate of drug-likeness (QED) is 0.794. The molecule has 1 atom stereocenters. The topological polar surface area (TPSA) is 40.6 Å². The highest BCUT2D eigenvalue weighted by atomic mass is 16.2. The lowest BCUT2D eigenvalue weighted by molar-refractivity contribution is -0.147. The first-order valence-corrected chi connectivity index (χ1v) is 8.62. The van der Waals surface area contributed by atoms with Crippen molar-refractivity contribution in [2.45, 2.75) is 12.5 Å². The fourth-order valence-electron chi connectivity index (χ4n) is 3.68. The number of rotatable bonds is 2. The molecule has 1 saturated heterocycles. The Kier molecular flexibility index (Phi) is 4.10. The molecule has 2 aliphatic heterocycles. The summed E-state index contributed by atoms with van der Waals surface area (Å²) in [5.74, 6) is -0.0767. The lowest BCUT2D eigenvalue weighted by Crippen LogP contribution is -2.55. The van der Waals surface area contributed by atoms with Gasteiger partial charge in [-0.2, -0.15) is 0 Å². The number of fused-ring (bicyclic) bond motifs is 3. The number of benzene rings is 2. The van der Waals surface area contributed by atoms with Crippen molar-refractivity contribution in [3.63, 3.8) is 0 Å². The molecule has 4 rings (SSSR count). The van der Waals surface area contributed by atoms with Gasteiger partial charge in [0.1, 0.15) is 6.54 Å². The van der Waals surface area contributed by atoms with Crippen LogP contribution in [0.5, 0.6) is 0 Å². The van der Waals surface area contributed by atoms with Gasteiger partial charge in [-0.05, 0) is 29.2 Å². The van der Waals surface area contributed by atoms with Crippen molar-refractivity contribution >= 4 is 17.9 Å². The third-order valence-electron chi connectivity index (χ3n) is 4.98. The fourth-order valence-corrected chi connectivity index (χ4v) is 3.68. The Morgan fingerprint density at radius 3 is 2.64 bits per heavy atom. The summed E-state index contributed by atoms with van der Waals surface area (Å²) in [7, 11) is 0. The molecule has 0 saturated carbocycles. The molecule has 0 spiro atoms. The van der Waals surface area contributed by atoms with Gasteiger partial charge in [-0.15, -0.1) is 0 Å². The van der Waals surface area contributed by atoms with Crippen molar-refractivity contribution in [3.05, 3.63) is 77.4 Å². The van der Waals surface area contributed by atoms with Crippen LogP contribution in [0.4, 0.5) is 0 Å². The van der Waals surface area contributed by atoms with Crippen LogP contribution in [-0.2, 0) is 16.0 Å². The molecule has 0 aromatic heterocycles. The van der Waals surface area contributed by atoms with E-state index in [2.05, 4.69) is 12.1 Å². The van der Waals surface area contributed by atoms with E-state index in [-0.39, 0.29) is 24.4 Å². The second kappa shape index (κ2) is 6.55. The average Bonchev–Trinajstić information content (AvgIpc) is 2.66. The van der Waals surface area contributed by atoms with Crippen molar-refractivity contribution in [3.8, 4) is 0 Å². The third kappa shape index (κ3) is 3.07. The normalized spacial score (nSPS) is 19.7. The maximum Gasteiger partial charge on any atom is 0.247 e. The van der Waals surface area contributed by atoms with E-state index in [1.807, 2.05) is 47.4 Å².